The van der Waals surface area contributed by atoms with Crippen LogP contribution in [0.2, 0.25) is 0 Å². The number of methoxy groups -OCH3 is 1. The minimum atomic E-state index is 0.198. The Bertz CT molecular complexity index is 647. The molecular formula is C18H18O3. The fourth-order valence-electron chi connectivity index (χ4n) is 2.75. The topological polar surface area (TPSA) is 35.5 Å². The van der Waals surface area contributed by atoms with Crippen molar-refractivity contribution in [2.45, 2.75) is 25.9 Å². The molecule has 3 nitrogen and oxygen atoms in total. The molecule has 3 heteroatoms. The van der Waals surface area contributed by atoms with Crippen molar-refractivity contribution < 1.29 is 14.3 Å². The number of Topliss-reactive ketones (excluding diaryl/α,β-unsaturated/α-hetero) is 1. The lowest BCUT2D eigenvalue weighted by molar-refractivity contribution is 0.0971. The molecule has 1 aliphatic carbocycles. The Balaban J connectivity index is 1.87. The Labute approximate surface area is 124 Å². The molecule has 0 bridgehead atoms. The molecule has 108 valence electrons. The highest BCUT2D eigenvalue weighted by Gasteiger charge is 2.23. The van der Waals surface area contributed by atoms with Crippen LogP contribution in [0, 0.1) is 0 Å². The first-order valence-corrected chi connectivity index (χ1v) is 7.19. The minimum Gasteiger partial charge on any atom is -0.493 e. The molecule has 0 heterocycles. The minimum absolute atomic E-state index is 0.198. The predicted molar refractivity (Wildman–Crippen MR) is 81.0 cm³/mol. The van der Waals surface area contributed by atoms with Gasteiger partial charge in [0.1, 0.15) is 6.61 Å². The summed E-state index contributed by atoms with van der Waals surface area (Å²) in [6.45, 7) is 0.490. The number of ketones is 1. The molecule has 0 atom stereocenters. The molecular weight excluding hydrogens is 264 g/mol. The molecule has 0 amide bonds. The van der Waals surface area contributed by atoms with Crippen molar-refractivity contribution in [3.8, 4) is 11.5 Å². The van der Waals surface area contributed by atoms with Crippen LogP contribution in [-0.4, -0.2) is 12.9 Å². The quantitative estimate of drug-likeness (QED) is 0.855. The Morgan fingerprint density at radius 2 is 1.86 bits per heavy atom. The maximum atomic E-state index is 11.9. The highest BCUT2D eigenvalue weighted by atomic mass is 16.5. The average molecular weight is 282 g/mol. The number of carbonyl (C=O) groups excluding carboxylic acids is 1. The lowest BCUT2D eigenvalue weighted by atomic mass is 9.89. The molecule has 0 saturated heterocycles. The van der Waals surface area contributed by atoms with Crippen LogP contribution in [0.3, 0.4) is 0 Å². The molecule has 0 saturated carbocycles. The first-order valence-electron chi connectivity index (χ1n) is 7.19. The van der Waals surface area contributed by atoms with Gasteiger partial charge in [-0.2, -0.15) is 0 Å². The molecule has 0 N–H and O–H groups in total. The smallest absolute Gasteiger partial charge is 0.164 e. The highest BCUT2D eigenvalue weighted by Crippen LogP contribution is 2.37. The lowest BCUT2D eigenvalue weighted by Gasteiger charge is -2.20. The third-order valence-electron chi connectivity index (χ3n) is 3.80. The van der Waals surface area contributed by atoms with E-state index < -0.39 is 0 Å². The highest BCUT2D eigenvalue weighted by molar-refractivity contribution is 5.99. The number of carbonyl (C=O) groups is 1. The van der Waals surface area contributed by atoms with Crippen molar-refractivity contribution in [3.63, 3.8) is 0 Å². The zero-order chi connectivity index (χ0) is 14.7. The average Bonchev–Trinajstić information content (AvgIpc) is 2.53. The third kappa shape index (κ3) is 2.77. The number of hydrogen-bond acceptors (Lipinski definition) is 3. The van der Waals surface area contributed by atoms with Gasteiger partial charge in [-0.05, 0) is 30.5 Å². The van der Waals surface area contributed by atoms with Crippen LogP contribution in [0.1, 0.15) is 34.3 Å². The van der Waals surface area contributed by atoms with Crippen molar-refractivity contribution in [1.29, 1.82) is 0 Å². The first-order chi connectivity index (χ1) is 10.3. The fraction of sp³-hybridized carbons (Fsp3) is 0.278. The maximum Gasteiger partial charge on any atom is 0.164 e. The van der Waals surface area contributed by atoms with Gasteiger partial charge >= 0.3 is 0 Å². The van der Waals surface area contributed by atoms with Gasteiger partial charge in [0.25, 0.3) is 0 Å². The van der Waals surface area contributed by atoms with Crippen molar-refractivity contribution in [3.05, 3.63) is 59.2 Å². The van der Waals surface area contributed by atoms with Crippen molar-refractivity contribution in [2.24, 2.45) is 0 Å². The van der Waals surface area contributed by atoms with Crippen LogP contribution in [0.15, 0.2) is 42.5 Å². The van der Waals surface area contributed by atoms with Crippen LogP contribution in [0.5, 0.6) is 11.5 Å². The van der Waals surface area contributed by atoms with Gasteiger partial charge < -0.3 is 9.47 Å². The van der Waals surface area contributed by atoms with Crippen molar-refractivity contribution in [2.75, 3.05) is 7.11 Å². The summed E-state index contributed by atoms with van der Waals surface area (Å²) in [7, 11) is 1.63. The normalized spacial score (nSPS) is 13.7. The Morgan fingerprint density at radius 3 is 2.62 bits per heavy atom. The second-order valence-electron chi connectivity index (χ2n) is 5.17. The number of fused-ring (bicyclic) bond motifs is 1. The van der Waals surface area contributed by atoms with Gasteiger partial charge in [0.2, 0.25) is 0 Å². The van der Waals surface area contributed by atoms with Crippen molar-refractivity contribution >= 4 is 5.78 Å². The Morgan fingerprint density at radius 1 is 1.05 bits per heavy atom. The summed E-state index contributed by atoms with van der Waals surface area (Å²) in [5.74, 6) is 1.61. The molecule has 2 aromatic rings. The third-order valence-corrected chi connectivity index (χ3v) is 3.80. The summed E-state index contributed by atoms with van der Waals surface area (Å²) < 4.78 is 11.4. The van der Waals surface area contributed by atoms with Gasteiger partial charge in [-0.15, -0.1) is 0 Å². The van der Waals surface area contributed by atoms with E-state index in [0.717, 1.165) is 29.5 Å². The second-order valence-corrected chi connectivity index (χ2v) is 5.17. The van der Waals surface area contributed by atoms with E-state index in [4.69, 9.17) is 9.47 Å². The Hall–Kier alpha value is -2.29. The molecule has 0 spiro atoms. The standard InChI is InChI=1S/C18H18O3/c1-20-18-15-8-5-9-16(19)14(15)10-11-17(18)21-12-13-6-3-2-4-7-13/h2-4,6-7,10-11H,5,8-9,12H2,1H3. The molecule has 1 aliphatic rings. The molecule has 3 rings (SSSR count). The number of rotatable bonds is 4. The van der Waals surface area contributed by atoms with E-state index in [2.05, 4.69) is 0 Å². The van der Waals surface area contributed by atoms with E-state index in [1.54, 1.807) is 7.11 Å². The first kappa shape index (κ1) is 13.7. The number of ether oxygens (including phenoxy) is 2. The largest absolute Gasteiger partial charge is 0.493 e. The molecule has 0 aromatic heterocycles. The van der Waals surface area contributed by atoms with E-state index in [1.807, 2.05) is 42.5 Å². The van der Waals surface area contributed by atoms with Crippen LogP contribution in [-0.2, 0) is 13.0 Å². The van der Waals surface area contributed by atoms with Crippen LogP contribution in [0.4, 0.5) is 0 Å². The molecule has 0 unspecified atom stereocenters. The van der Waals surface area contributed by atoms with E-state index in [9.17, 15) is 4.79 Å². The number of benzene rings is 2. The monoisotopic (exact) mass is 282 g/mol. The van der Waals surface area contributed by atoms with Crippen LogP contribution < -0.4 is 9.47 Å². The summed E-state index contributed by atoms with van der Waals surface area (Å²) in [6, 6.07) is 13.7. The second kappa shape index (κ2) is 6.00. The van der Waals surface area contributed by atoms with E-state index in [0.29, 0.717) is 24.5 Å². The Kier molecular flexibility index (Phi) is 3.91. The summed E-state index contributed by atoms with van der Waals surface area (Å²) in [5.41, 5.74) is 2.87. The molecule has 0 radical (unpaired) electrons. The van der Waals surface area contributed by atoms with Gasteiger partial charge in [0, 0.05) is 17.5 Å². The van der Waals surface area contributed by atoms with E-state index in [-0.39, 0.29) is 5.78 Å². The van der Waals surface area contributed by atoms with Crippen LogP contribution >= 0.6 is 0 Å². The lowest BCUT2D eigenvalue weighted by Crippen LogP contribution is -2.12. The SMILES string of the molecule is COc1c(OCc2ccccc2)ccc2c1CCCC2=O. The van der Waals surface area contributed by atoms with E-state index in [1.165, 1.54) is 0 Å². The van der Waals surface area contributed by atoms with Gasteiger partial charge in [0.05, 0.1) is 7.11 Å². The zero-order valence-corrected chi connectivity index (χ0v) is 12.1. The van der Waals surface area contributed by atoms with E-state index >= 15 is 0 Å². The summed E-state index contributed by atoms with van der Waals surface area (Å²) in [5, 5.41) is 0. The summed E-state index contributed by atoms with van der Waals surface area (Å²) in [4.78, 5) is 11.9. The van der Waals surface area contributed by atoms with Gasteiger partial charge in [-0.25, -0.2) is 0 Å². The van der Waals surface area contributed by atoms with Crippen molar-refractivity contribution in [1.82, 2.24) is 0 Å². The fourth-order valence-corrected chi connectivity index (χ4v) is 2.75. The molecule has 2 aromatic carbocycles. The molecule has 0 fully saturated rings. The summed E-state index contributed by atoms with van der Waals surface area (Å²) in [6.07, 6.45) is 2.37. The zero-order valence-electron chi connectivity index (χ0n) is 12.1. The van der Waals surface area contributed by atoms with Gasteiger partial charge in [0.15, 0.2) is 17.3 Å². The van der Waals surface area contributed by atoms with Gasteiger partial charge in [-0.1, -0.05) is 30.3 Å². The predicted octanol–water partition coefficient (Wildman–Crippen LogP) is 3.79. The molecule has 0 aliphatic heterocycles. The summed E-state index contributed by atoms with van der Waals surface area (Å²) >= 11 is 0. The molecule has 21 heavy (non-hydrogen) atoms. The van der Waals surface area contributed by atoms with Crippen LogP contribution in [0.25, 0.3) is 0 Å². The van der Waals surface area contributed by atoms with Gasteiger partial charge in [-0.3, -0.25) is 4.79 Å². The number of hydrogen-bond donors (Lipinski definition) is 0. The maximum absolute atomic E-state index is 11.9.